The summed E-state index contributed by atoms with van der Waals surface area (Å²) < 4.78 is 0. The van der Waals surface area contributed by atoms with Gasteiger partial charge in [0.2, 0.25) is 23.6 Å². The van der Waals surface area contributed by atoms with Crippen LogP contribution in [0.4, 0.5) is 0 Å². The molecule has 0 saturated carbocycles. The minimum atomic E-state index is -1.60. The van der Waals surface area contributed by atoms with Gasteiger partial charge in [0, 0.05) is 36.6 Å². The highest BCUT2D eigenvalue weighted by molar-refractivity contribution is 5.95. The number of amides is 4. The Morgan fingerprint density at radius 3 is 1.67 bits per heavy atom. The number of carboxylic acids is 1. The van der Waals surface area contributed by atoms with Crippen LogP contribution in [0, 0.1) is 5.92 Å². The van der Waals surface area contributed by atoms with Crippen LogP contribution in [0.1, 0.15) is 31.7 Å². The summed E-state index contributed by atoms with van der Waals surface area (Å²) in [6.07, 6.45) is 4.97. The molecule has 0 bridgehead atoms. The van der Waals surface area contributed by atoms with Crippen molar-refractivity contribution < 1.29 is 29.1 Å². The van der Waals surface area contributed by atoms with Crippen LogP contribution in [0.3, 0.4) is 0 Å². The first-order chi connectivity index (χ1) is 17.0. The van der Waals surface area contributed by atoms with Gasteiger partial charge in [0.1, 0.15) is 18.1 Å². The van der Waals surface area contributed by atoms with Crippen LogP contribution in [0.2, 0.25) is 0 Å². The van der Waals surface area contributed by atoms with E-state index in [1.165, 1.54) is 25.0 Å². The van der Waals surface area contributed by atoms with Gasteiger partial charge >= 0.3 is 5.97 Å². The third-order valence-corrected chi connectivity index (χ3v) is 5.26. The van der Waals surface area contributed by atoms with Gasteiger partial charge in [-0.15, -0.1) is 0 Å². The van der Waals surface area contributed by atoms with E-state index in [1.807, 2.05) is 0 Å². The lowest BCUT2D eigenvalue weighted by Gasteiger charge is -2.25. The van der Waals surface area contributed by atoms with E-state index < -0.39 is 60.2 Å². The number of imidazole rings is 2. The van der Waals surface area contributed by atoms with Crippen molar-refractivity contribution in [1.82, 2.24) is 35.9 Å². The summed E-state index contributed by atoms with van der Waals surface area (Å²) in [4.78, 5) is 74.9. The molecule has 10 N–H and O–H groups in total. The fourth-order valence-electron chi connectivity index (χ4n) is 3.17. The quantitative estimate of drug-likeness (QED) is 0.133. The van der Waals surface area contributed by atoms with Crippen molar-refractivity contribution >= 4 is 29.6 Å². The van der Waals surface area contributed by atoms with E-state index in [-0.39, 0.29) is 18.8 Å². The number of aliphatic carboxylic acids is 1. The predicted octanol–water partition coefficient (Wildman–Crippen LogP) is -2.68. The number of carbonyl (C=O) groups excluding carboxylic acids is 4. The molecule has 0 spiro atoms. The number of aromatic nitrogens is 4. The molecule has 15 nitrogen and oxygen atoms in total. The summed E-state index contributed by atoms with van der Waals surface area (Å²) in [7, 11) is 0. The number of hydrogen-bond donors (Lipinski definition) is 8. The van der Waals surface area contributed by atoms with Gasteiger partial charge in [0.25, 0.3) is 0 Å². The summed E-state index contributed by atoms with van der Waals surface area (Å²) in [5.74, 6) is -4.77. The van der Waals surface area contributed by atoms with Crippen LogP contribution >= 0.6 is 0 Å². The van der Waals surface area contributed by atoms with Gasteiger partial charge in [0.15, 0.2) is 0 Å². The Morgan fingerprint density at radius 1 is 0.861 bits per heavy atom. The van der Waals surface area contributed by atoms with Gasteiger partial charge in [0.05, 0.1) is 25.1 Å². The number of primary amides is 1. The summed E-state index contributed by atoms with van der Waals surface area (Å²) in [5, 5.41) is 16.7. The first-order valence-electron chi connectivity index (χ1n) is 11.1. The van der Waals surface area contributed by atoms with Crippen molar-refractivity contribution in [2.75, 3.05) is 0 Å². The summed E-state index contributed by atoms with van der Waals surface area (Å²) in [6.45, 7) is 3.51. The van der Waals surface area contributed by atoms with Gasteiger partial charge in [-0.1, -0.05) is 13.8 Å². The van der Waals surface area contributed by atoms with Crippen molar-refractivity contribution in [1.29, 1.82) is 0 Å². The Morgan fingerprint density at radius 2 is 1.31 bits per heavy atom. The Bertz CT molecular complexity index is 1040. The monoisotopic (exact) mass is 505 g/mol. The Labute approximate surface area is 206 Å². The number of rotatable bonds is 14. The Hall–Kier alpha value is -4.27. The van der Waals surface area contributed by atoms with E-state index in [2.05, 4.69) is 35.9 Å². The van der Waals surface area contributed by atoms with Crippen LogP contribution in [0.5, 0.6) is 0 Å². The summed E-state index contributed by atoms with van der Waals surface area (Å²) >= 11 is 0. The van der Waals surface area contributed by atoms with E-state index in [0.717, 1.165) is 0 Å². The molecule has 0 aromatic carbocycles. The van der Waals surface area contributed by atoms with Gasteiger partial charge in [-0.2, -0.15) is 0 Å². The van der Waals surface area contributed by atoms with Crippen LogP contribution in [0.25, 0.3) is 0 Å². The van der Waals surface area contributed by atoms with Gasteiger partial charge in [-0.3, -0.25) is 19.2 Å². The van der Waals surface area contributed by atoms with Gasteiger partial charge < -0.3 is 42.5 Å². The lowest BCUT2D eigenvalue weighted by atomic mass is 10.0. The third-order valence-electron chi connectivity index (χ3n) is 5.26. The van der Waals surface area contributed by atoms with Crippen molar-refractivity contribution in [3.05, 3.63) is 36.4 Å². The number of H-pyrrole nitrogens is 2. The fraction of sp³-hybridized carbons (Fsp3) is 0.476. The van der Waals surface area contributed by atoms with Crippen LogP contribution in [-0.2, 0) is 36.8 Å². The molecule has 4 unspecified atom stereocenters. The molecule has 0 radical (unpaired) electrons. The van der Waals surface area contributed by atoms with Crippen molar-refractivity contribution in [2.24, 2.45) is 17.4 Å². The molecule has 4 atom stereocenters. The zero-order valence-electron chi connectivity index (χ0n) is 19.9. The van der Waals surface area contributed by atoms with Crippen LogP contribution in [-0.4, -0.2) is 78.8 Å². The number of nitrogens with zero attached hydrogens (tertiary/aromatic N) is 2. The SMILES string of the molecule is CC(C)C(N)C(=O)NC(Cc1cnc[nH]1)C(=O)NC(Cc1cnc[nH]1)C(=O)NC(CC(N)=O)C(=O)O. The Kier molecular flexibility index (Phi) is 10.1. The second kappa shape index (κ2) is 13.0. The zero-order chi connectivity index (χ0) is 26.8. The highest BCUT2D eigenvalue weighted by atomic mass is 16.4. The van der Waals surface area contributed by atoms with Crippen LogP contribution < -0.4 is 27.4 Å². The average Bonchev–Trinajstić information content (AvgIpc) is 3.50. The van der Waals surface area contributed by atoms with Crippen molar-refractivity contribution in [2.45, 2.75) is 57.3 Å². The maximum atomic E-state index is 13.2. The average molecular weight is 506 g/mol. The molecule has 15 heteroatoms. The zero-order valence-corrected chi connectivity index (χ0v) is 19.9. The second-order valence-electron chi connectivity index (χ2n) is 8.52. The highest BCUT2D eigenvalue weighted by Gasteiger charge is 2.32. The lowest BCUT2D eigenvalue weighted by Crippen LogP contribution is -2.58. The fourth-order valence-corrected chi connectivity index (χ4v) is 3.17. The number of nitrogens with one attached hydrogen (secondary N) is 5. The number of hydrogen-bond acceptors (Lipinski definition) is 8. The molecule has 0 saturated heterocycles. The van der Waals surface area contributed by atoms with Crippen LogP contribution in [0.15, 0.2) is 25.0 Å². The molecule has 2 aromatic heterocycles. The topological polar surface area (TPSA) is 251 Å². The van der Waals surface area contributed by atoms with E-state index in [9.17, 15) is 29.1 Å². The largest absolute Gasteiger partial charge is 0.480 e. The lowest BCUT2D eigenvalue weighted by molar-refractivity contribution is -0.143. The minimum absolute atomic E-state index is 0.0141. The van der Waals surface area contributed by atoms with Gasteiger partial charge in [-0.25, -0.2) is 14.8 Å². The molecular weight excluding hydrogens is 474 g/mol. The molecule has 0 aliphatic carbocycles. The van der Waals surface area contributed by atoms with Gasteiger partial charge in [-0.05, 0) is 5.92 Å². The second-order valence-corrected chi connectivity index (χ2v) is 8.52. The maximum Gasteiger partial charge on any atom is 0.326 e. The summed E-state index contributed by atoms with van der Waals surface area (Å²) in [6, 6.07) is -4.90. The minimum Gasteiger partial charge on any atom is -0.480 e. The molecular formula is C21H31N9O6. The number of carboxylic acid groups (broad SMARTS) is 1. The van der Waals surface area contributed by atoms with E-state index in [0.29, 0.717) is 11.4 Å². The molecule has 196 valence electrons. The third kappa shape index (κ3) is 8.50. The van der Waals surface area contributed by atoms with E-state index in [4.69, 9.17) is 11.5 Å². The smallest absolute Gasteiger partial charge is 0.326 e. The van der Waals surface area contributed by atoms with Crippen molar-refractivity contribution in [3.63, 3.8) is 0 Å². The molecule has 0 fully saturated rings. The molecule has 4 amide bonds. The highest BCUT2D eigenvalue weighted by Crippen LogP contribution is 2.06. The molecule has 36 heavy (non-hydrogen) atoms. The standard InChI is InChI=1S/C21H31N9O6/c1-10(2)17(23)20(34)29-14(4-12-7-25-9-27-12)18(32)28-13(3-11-6-24-8-26-11)19(33)30-15(21(35)36)5-16(22)31/h6-10,13-15,17H,3-5,23H2,1-2H3,(H2,22,31)(H,24,26)(H,25,27)(H,28,32)(H,29,34)(H,30,33)(H,35,36). The first kappa shape index (κ1) is 28.0. The maximum absolute atomic E-state index is 13.2. The molecule has 2 heterocycles. The Balaban J connectivity index is 2.25. The van der Waals surface area contributed by atoms with E-state index in [1.54, 1.807) is 13.8 Å². The van der Waals surface area contributed by atoms with E-state index >= 15 is 0 Å². The normalized spacial score (nSPS) is 14.3. The molecule has 2 aromatic rings. The molecule has 0 aliphatic heterocycles. The first-order valence-corrected chi connectivity index (χ1v) is 11.1. The number of aromatic amines is 2. The number of nitrogens with two attached hydrogens (primary N) is 2. The summed E-state index contributed by atoms with van der Waals surface area (Å²) in [5.41, 5.74) is 12.0. The molecule has 2 rings (SSSR count). The molecule has 0 aliphatic rings. The predicted molar refractivity (Wildman–Crippen MR) is 125 cm³/mol. The van der Waals surface area contributed by atoms with Crippen molar-refractivity contribution in [3.8, 4) is 0 Å². The number of carbonyl (C=O) groups is 5.